The Balaban J connectivity index is 1.51. The first-order chi connectivity index (χ1) is 9.79. The maximum Gasteiger partial charge on any atom is 0.107 e. The average Bonchev–Trinajstić information content (AvgIpc) is 3.07. The molecule has 2 aliphatic rings. The highest BCUT2D eigenvalue weighted by Crippen LogP contribution is 2.30. The van der Waals surface area contributed by atoms with Crippen LogP contribution in [-0.2, 0) is 17.9 Å². The topological polar surface area (TPSA) is 56.1 Å². The molecule has 1 fully saturated rings. The Hall–Kier alpha value is -1.31. The standard InChI is InChI=1S/C13H17N5OS/c1-9-8-20-13(15-9)6-17-3-2-12-11(5-17)18-10(7-19-12)4-14-16-18/h4,8,11-12H,2-3,5-7H2,1H3. The summed E-state index contributed by atoms with van der Waals surface area (Å²) in [5.74, 6) is 0. The lowest BCUT2D eigenvalue weighted by molar-refractivity contribution is -0.0669. The number of hydrogen-bond acceptors (Lipinski definition) is 6. The van der Waals surface area contributed by atoms with Gasteiger partial charge in [0.05, 0.1) is 37.2 Å². The Morgan fingerprint density at radius 1 is 1.50 bits per heavy atom. The third-order valence-corrected chi connectivity index (χ3v) is 4.99. The zero-order chi connectivity index (χ0) is 13.5. The van der Waals surface area contributed by atoms with Crippen LogP contribution in [0.1, 0.15) is 28.9 Å². The second kappa shape index (κ2) is 4.91. The summed E-state index contributed by atoms with van der Waals surface area (Å²) < 4.78 is 7.98. The fraction of sp³-hybridized carbons (Fsp3) is 0.615. The van der Waals surface area contributed by atoms with Crippen molar-refractivity contribution in [1.82, 2.24) is 24.9 Å². The molecule has 106 valence electrons. The SMILES string of the molecule is Cc1csc(CN2CCC3OCc4cnnn4C3C2)n1. The van der Waals surface area contributed by atoms with Crippen molar-refractivity contribution in [2.45, 2.75) is 38.6 Å². The fourth-order valence-electron chi connectivity index (χ4n) is 3.05. The van der Waals surface area contributed by atoms with Crippen molar-refractivity contribution >= 4 is 11.3 Å². The summed E-state index contributed by atoms with van der Waals surface area (Å²) in [5, 5.41) is 11.5. The van der Waals surface area contributed by atoms with Crippen LogP contribution in [0.4, 0.5) is 0 Å². The largest absolute Gasteiger partial charge is 0.370 e. The lowest BCUT2D eigenvalue weighted by Gasteiger charge is -2.40. The number of aryl methyl sites for hydroxylation is 1. The van der Waals surface area contributed by atoms with Gasteiger partial charge in [-0.2, -0.15) is 0 Å². The second-order valence-electron chi connectivity index (χ2n) is 5.49. The molecule has 4 rings (SSSR count). The molecule has 0 radical (unpaired) electrons. The number of aromatic nitrogens is 4. The van der Waals surface area contributed by atoms with Gasteiger partial charge in [-0.3, -0.25) is 4.90 Å². The van der Waals surface area contributed by atoms with Gasteiger partial charge in [-0.15, -0.1) is 16.4 Å². The van der Waals surface area contributed by atoms with Gasteiger partial charge >= 0.3 is 0 Å². The highest BCUT2D eigenvalue weighted by atomic mass is 32.1. The maximum atomic E-state index is 5.93. The minimum atomic E-state index is 0.276. The van der Waals surface area contributed by atoms with Crippen molar-refractivity contribution < 1.29 is 4.74 Å². The first-order valence-electron chi connectivity index (χ1n) is 6.93. The van der Waals surface area contributed by atoms with Gasteiger partial charge in [0.25, 0.3) is 0 Å². The predicted octanol–water partition coefficient (Wildman–Crippen LogP) is 1.39. The lowest BCUT2D eigenvalue weighted by Crippen LogP contribution is -2.47. The minimum absolute atomic E-state index is 0.276. The second-order valence-corrected chi connectivity index (χ2v) is 6.44. The smallest absolute Gasteiger partial charge is 0.107 e. The zero-order valence-electron chi connectivity index (χ0n) is 11.4. The lowest BCUT2D eigenvalue weighted by atomic mass is 10.0. The van der Waals surface area contributed by atoms with Gasteiger partial charge in [0.15, 0.2) is 0 Å². The fourth-order valence-corrected chi connectivity index (χ4v) is 3.87. The quantitative estimate of drug-likeness (QED) is 0.837. The van der Waals surface area contributed by atoms with Gasteiger partial charge in [-0.05, 0) is 13.3 Å². The molecule has 2 aromatic heterocycles. The van der Waals surface area contributed by atoms with Crippen LogP contribution >= 0.6 is 11.3 Å². The number of hydrogen-bond donors (Lipinski definition) is 0. The molecule has 7 heteroatoms. The Labute approximate surface area is 121 Å². The van der Waals surface area contributed by atoms with Crippen molar-refractivity contribution in [3.8, 4) is 0 Å². The molecule has 4 heterocycles. The van der Waals surface area contributed by atoms with E-state index in [1.54, 1.807) is 17.5 Å². The molecular formula is C13H17N5OS. The van der Waals surface area contributed by atoms with E-state index in [9.17, 15) is 0 Å². The Morgan fingerprint density at radius 3 is 3.30 bits per heavy atom. The van der Waals surface area contributed by atoms with Gasteiger partial charge in [0.2, 0.25) is 0 Å². The summed E-state index contributed by atoms with van der Waals surface area (Å²) in [5.41, 5.74) is 2.19. The van der Waals surface area contributed by atoms with Gasteiger partial charge in [0.1, 0.15) is 5.01 Å². The third-order valence-electron chi connectivity index (χ3n) is 4.04. The molecule has 0 amide bonds. The molecule has 0 bridgehead atoms. The Bertz CT molecular complexity index is 609. The molecular weight excluding hydrogens is 274 g/mol. The summed E-state index contributed by atoms with van der Waals surface area (Å²) in [6.07, 6.45) is 3.13. The third kappa shape index (κ3) is 2.15. The van der Waals surface area contributed by atoms with Crippen LogP contribution in [-0.4, -0.2) is 44.1 Å². The van der Waals surface area contributed by atoms with Crippen molar-refractivity contribution in [2.75, 3.05) is 13.1 Å². The monoisotopic (exact) mass is 291 g/mol. The van der Waals surface area contributed by atoms with Crippen LogP contribution in [0, 0.1) is 6.92 Å². The van der Waals surface area contributed by atoms with Gasteiger partial charge in [0, 0.05) is 24.2 Å². The van der Waals surface area contributed by atoms with Crippen LogP contribution in [0.2, 0.25) is 0 Å². The van der Waals surface area contributed by atoms with Crippen LogP contribution in [0.5, 0.6) is 0 Å². The van der Waals surface area contributed by atoms with E-state index in [4.69, 9.17) is 4.74 Å². The molecule has 2 aliphatic heterocycles. The number of likely N-dealkylation sites (tertiary alicyclic amines) is 1. The van der Waals surface area contributed by atoms with E-state index < -0.39 is 0 Å². The van der Waals surface area contributed by atoms with Gasteiger partial charge in [-0.1, -0.05) is 5.21 Å². The molecule has 0 aliphatic carbocycles. The van der Waals surface area contributed by atoms with E-state index in [1.165, 1.54) is 5.01 Å². The first kappa shape index (κ1) is 12.4. The molecule has 0 N–H and O–H groups in total. The molecule has 0 spiro atoms. The van der Waals surface area contributed by atoms with Crippen molar-refractivity contribution in [2.24, 2.45) is 0 Å². The van der Waals surface area contributed by atoms with Crippen LogP contribution in [0.3, 0.4) is 0 Å². The molecule has 0 saturated carbocycles. The summed E-state index contributed by atoms with van der Waals surface area (Å²) >= 11 is 1.74. The minimum Gasteiger partial charge on any atom is -0.370 e. The number of nitrogens with zero attached hydrogens (tertiary/aromatic N) is 5. The number of piperidine rings is 1. The highest BCUT2D eigenvalue weighted by Gasteiger charge is 2.36. The molecule has 0 aromatic carbocycles. The van der Waals surface area contributed by atoms with Gasteiger partial charge in [-0.25, -0.2) is 9.67 Å². The van der Waals surface area contributed by atoms with E-state index in [2.05, 4.69) is 25.6 Å². The van der Waals surface area contributed by atoms with E-state index in [-0.39, 0.29) is 12.1 Å². The first-order valence-corrected chi connectivity index (χ1v) is 7.81. The molecule has 6 nitrogen and oxygen atoms in total. The van der Waals surface area contributed by atoms with E-state index in [1.807, 2.05) is 11.6 Å². The number of thiazole rings is 1. The van der Waals surface area contributed by atoms with Gasteiger partial charge < -0.3 is 4.74 Å². The number of ether oxygens (including phenoxy) is 1. The zero-order valence-corrected chi connectivity index (χ0v) is 12.2. The molecule has 2 atom stereocenters. The molecule has 2 aromatic rings. The summed E-state index contributed by atoms with van der Waals surface area (Å²) in [6.45, 7) is 5.62. The Kier molecular flexibility index (Phi) is 3.05. The predicted molar refractivity (Wildman–Crippen MR) is 74.4 cm³/mol. The van der Waals surface area contributed by atoms with E-state index in [0.29, 0.717) is 6.61 Å². The number of fused-ring (bicyclic) bond motifs is 3. The molecule has 2 unspecified atom stereocenters. The summed E-state index contributed by atoms with van der Waals surface area (Å²) in [4.78, 5) is 7.00. The highest BCUT2D eigenvalue weighted by molar-refractivity contribution is 7.09. The Morgan fingerprint density at radius 2 is 2.45 bits per heavy atom. The maximum absolute atomic E-state index is 5.93. The van der Waals surface area contributed by atoms with E-state index in [0.717, 1.165) is 37.4 Å². The number of rotatable bonds is 2. The summed E-state index contributed by atoms with van der Waals surface area (Å²) in [7, 11) is 0. The van der Waals surface area contributed by atoms with Crippen molar-refractivity contribution in [1.29, 1.82) is 0 Å². The van der Waals surface area contributed by atoms with Crippen LogP contribution in [0.25, 0.3) is 0 Å². The summed E-state index contributed by atoms with van der Waals surface area (Å²) in [6, 6.07) is 0.288. The normalized spacial score (nSPS) is 26.2. The molecule has 1 saturated heterocycles. The van der Waals surface area contributed by atoms with Crippen LogP contribution in [0.15, 0.2) is 11.6 Å². The van der Waals surface area contributed by atoms with Crippen molar-refractivity contribution in [3.63, 3.8) is 0 Å². The van der Waals surface area contributed by atoms with Crippen LogP contribution < -0.4 is 0 Å². The molecule has 20 heavy (non-hydrogen) atoms. The van der Waals surface area contributed by atoms with E-state index >= 15 is 0 Å². The average molecular weight is 291 g/mol. The van der Waals surface area contributed by atoms with Crippen molar-refractivity contribution in [3.05, 3.63) is 28.0 Å².